The number of hydrogen-bond donors (Lipinski definition) is 2. The Hall–Kier alpha value is -3.87. The number of ether oxygens (including phenoxy) is 2. The minimum atomic E-state index is -0.358. The van der Waals surface area contributed by atoms with Crippen molar-refractivity contribution in [3.63, 3.8) is 0 Å². The Kier molecular flexibility index (Phi) is 6.42. The summed E-state index contributed by atoms with van der Waals surface area (Å²) in [7, 11) is 1.57. The van der Waals surface area contributed by atoms with Gasteiger partial charge in [-0.3, -0.25) is 4.79 Å². The van der Waals surface area contributed by atoms with Crippen molar-refractivity contribution in [2.24, 2.45) is 0 Å². The molecule has 3 rings (SSSR count). The SMILES string of the molecule is CCOC(=O)c1ccc(Nc2ccc(C(=O)Nc3cccc(OC)c3)cn2)cc1. The van der Waals surface area contributed by atoms with E-state index in [-0.39, 0.29) is 11.9 Å². The van der Waals surface area contributed by atoms with Crippen LogP contribution in [0.4, 0.5) is 17.2 Å². The molecule has 1 amide bonds. The number of hydrogen-bond acceptors (Lipinski definition) is 6. The molecule has 29 heavy (non-hydrogen) atoms. The Morgan fingerprint density at radius 3 is 2.38 bits per heavy atom. The summed E-state index contributed by atoms with van der Waals surface area (Å²) in [6, 6.07) is 17.4. The van der Waals surface area contributed by atoms with E-state index < -0.39 is 0 Å². The highest BCUT2D eigenvalue weighted by molar-refractivity contribution is 6.04. The molecule has 7 heteroatoms. The number of esters is 1. The first kappa shape index (κ1) is 19.9. The molecule has 0 saturated carbocycles. The first-order valence-electron chi connectivity index (χ1n) is 9.04. The van der Waals surface area contributed by atoms with Crippen LogP contribution in [0.15, 0.2) is 66.9 Å². The summed E-state index contributed by atoms with van der Waals surface area (Å²) in [5.74, 6) is 0.612. The fourth-order valence-electron chi connectivity index (χ4n) is 2.56. The summed E-state index contributed by atoms with van der Waals surface area (Å²) in [5, 5.41) is 5.93. The zero-order chi connectivity index (χ0) is 20.6. The summed E-state index contributed by atoms with van der Waals surface area (Å²) in [6.07, 6.45) is 1.49. The molecule has 1 heterocycles. The normalized spacial score (nSPS) is 10.1. The van der Waals surface area contributed by atoms with Gasteiger partial charge < -0.3 is 20.1 Å². The molecule has 0 radical (unpaired) electrons. The first-order chi connectivity index (χ1) is 14.1. The Labute approximate surface area is 168 Å². The quantitative estimate of drug-likeness (QED) is 0.585. The third kappa shape index (κ3) is 5.32. The lowest BCUT2D eigenvalue weighted by Crippen LogP contribution is -2.12. The number of carbonyl (C=O) groups excluding carboxylic acids is 2. The highest BCUT2D eigenvalue weighted by atomic mass is 16.5. The average Bonchev–Trinajstić information content (AvgIpc) is 2.75. The average molecular weight is 391 g/mol. The lowest BCUT2D eigenvalue weighted by atomic mass is 10.2. The molecule has 3 aromatic rings. The minimum Gasteiger partial charge on any atom is -0.497 e. The van der Waals surface area contributed by atoms with Gasteiger partial charge in [0, 0.05) is 23.6 Å². The van der Waals surface area contributed by atoms with Crippen molar-refractivity contribution < 1.29 is 19.1 Å². The van der Waals surface area contributed by atoms with Crippen molar-refractivity contribution in [2.75, 3.05) is 24.4 Å². The number of amides is 1. The molecule has 0 atom stereocenters. The molecule has 1 aromatic heterocycles. The predicted octanol–water partition coefficient (Wildman–Crippen LogP) is 4.26. The number of carbonyl (C=O) groups is 2. The summed E-state index contributed by atoms with van der Waals surface area (Å²) in [5.41, 5.74) is 2.31. The minimum absolute atomic E-state index is 0.268. The second kappa shape index (κ2) is 9.36. The highest BCUT2D eigenvalue weighted by Gasteiger charge is 2.09. The van der Waals surface area contributed by atoms with Gasteiger partial charge in [0.2, 0.25) is 0 Å². The number of nitrogens with one attached hydrogen (secondary N) is 2. The van der Waals surface area contributed by atoms with E-state index in [2.05, 4.69) is 15.6 Å². The number of pyridine rings is 1. The van der Waals surface area contributed by atoms with Crippen LogP contribution in [0.3, 0.4) is 0 Å². The molecule has 0 aliphatic carbocycles. The largest absolute Gasteiger partial charge is 0.497 e. The lowest BCUT2D eigenvalue weighted by molar-refractivity contribution is 0.0526. The number of methoxy groups -OCH3 is 1. The van der Waals surface area contributed by atoms with Crippen LogP contribution < -0.4 is 15.4 Å². The zero-order valence-corrected chi connectivity index (χ0v) is 16.1. The zero-order valence-electron chi connectivity index (χ0n) is 16.1. The van der Waals surface area contributed by atoms with Crippen molar-refractivity contribution >= 4 is 29.1 Å². The second-order valence-electron chi connectivity index (χ2n) is 6.04. The van der Waals surface area contributed by atoms with Crippen LogP contribution in [0.5, 0.6) is 5.75 Å². The maximum Gasteiger partial charge on any atom is 0.338 e. The third-order valence-electron chi connectivity index (χ3n) is 4.02. The van der Waals surface area contributed by atoms with E-state index in [9.17, 15) is 9.59 Å². The van der Waals surface area contributed by atoms with Gasteiger partial charge in [0.15, 0.2) is 0 Å². The van der Waals surface area contributed by atoms with Gasteiger partial charge in [-0.15, -0.1) is 0 Å². The van der Waals surface area contributed by atoms with Crippen molar-refractivity contribution in [2.45, 2.75) is 6.92 Å². The molecule has 0 saturated heterocycles. The van der Waals surface area contributed by atoms with Crippen molar-refractivity contribution in [1.29, 1.82) is 0 Å². The molecule has 148 valence electrons. The molecular formula is C22H21N3O4. The van der Waals surface area contributed by atoms with Crippen molar-refractivity contribution in [3.05, 3.63) is 78.0 Å². The van der Waals surface area contributed by atoms with Crippen LogP contribution in [0, 0.1) is 0 Å². The summed E-state index contributed by atoms with van der Waals surface area (Å²) >= 11 is 0. The van der Waals surface area contributed by atoms with Gasteiger partial charge in [0.25, 0.3) is 5.91 Å². The molecule has 0 aliphatic heterocycles. The van der Waals surface area contributed by atoms with Crippen molar-refractivity contribution in [3.8, 4) is 5.75 Å². The van der Waals surface area contributed by atoms with Gasteiger partial charge in [-0.05, 0) is 55.5 Å². The van der Waals surface area contributed by atoms with E-state index in [0.717, 1.165) is 5.69 Å². The molecule has 0 fully saturated rings. The number of aromatic nitrogens is 1. The van der Waals surface area contributed by atoms with Gasteiger partial charge in [0.05, 0.1) is 24.8 Å². The molecule has 0 aliphatic rings. The molecule has 0 unspecified atom stereocenters. The van der Waals surface area contributed by atoms with E-state index in [1.807, 2.05) is 0 Å². The van der Waals surface area contributed by atoms with Crippen LogP contribution in [0.2, 0.25) is 0 Å². The molecule has 2 N–H and O–H groups in total. The maximum atomic E-state index is 12.4. The Bertz CT molecular complexity index is 986. The highest BCUT2D eigenvalue weighted by Crippen LogP contribution is 2.19. The van der Waals surface area contributed by atoms with Crippen molar-refractivity contribution in [1.82, 2.24) is 4.98 Å². The van der Waals surface area contributed by atoms with E-state index in [1.165, 1.54) is 6.20 Å². The van der Waals surface area contributed by atoms with E-state index in [4.69, 9.17) is 9.47 Å². The van der Waals surface area contributed by atoms with Crippen LogP contribution in [0.25, 0.3) is 0 Å². The van der Waals surface area contributed by atoms with Crippen LogP contribution >= 0.6 is 0 Å². The molecular weight excluding hydrogens is 370 g/mol. The number of anilines is 3. The van der Waals surface area contributed by atoms with Crippen LogP contribution in [-0.4, -0.2) is 30.6 Å². The smallest absolute Gasteiger partial charge is 0.338 e. The molecule has 2 aromatic carbocycles. The van der Waals surface area contributed by atoms with Crippen LogP contribution in [-0.2, 0) is 4.74 Å². The fourth-order valence-corrected chi connectivity index (χ4v) is 2.56. The topological polar surface area (TPSA) is 89.5 Å². The summed E-state index contributed by atoms with van der Waals surface area (Å²) in [6.45, 7) is 2.10. The number of benzene rings is 2. The van der Waals surface area contributed by atoms with E-state index in [0.29, 0.717) is 35.0 Å². The van der Waals surface area contributed by atoms with Gasteiger partial charge >= 0.3 is 5.97 Å². The standard InChI is InChI=1S/C22H21N3O4/c1-3-29-22(27)15-7-10-17(11-8-15)24-20-12-9-16(14-23-20)21(26)25-18-5-4-6-19(13-18)28-2/h4-14H,3H2,1-2H3,(H,23,24)(H,25,26). The fraction of sp³-hybridized carbons (Fsp3) is 0.136. The van der Waals surface area contributed by atoms with Gasteiger partial charge in [-0.2, -0.15) is 0 Å². The Balaban J connectivity index is 1.62. The number of rotatable bonds is 7. The Morgan fingerprint density at radius 1 is 0.966 bits per heavy atom. The lowest BCUT2D eigenvalue weighted by Gasteiger charge is -2.09. The summed E-state index contributed by atoms with van der Waals surface area (Å²) in [4.78, 5) is 28.3. The van der Waals surface area contributed by atoms with E-state index in [1.54, 1.807) is 74.7 Å². The van der Waals surface area contributed by atoms with Crippen LogP contribution in [0.1, 0.15) is 27.6 Å². The summed E-state index contributed by atoms with van der Waals surface area (Å²) < 4.78 is 10.1. The Morgan fingerprint density at radius 2 is 1.72 bits per heavy atom. The van der Waals surface area contributed by atoms with Gasteiger partial charge in [-0.25, -0.2) is 9.78 Å². The maximum absolute atomic E-state index is 12.4. The van der Waals surface area contributed by atoms with Gasteiger partial charge in [0.1, 0.15) is 11.6 Å². The predicted molar refractivity (Wildman–Crippen MR) is 111 cm³/mol. The monoisotopic (exact) mass is 391 g/mol. The molecule has 0 bridgehead atoms. The molecule has 0 spiro atoms. The third-order valence-corrected chi connectivity index (χ3v) is 4.02. The van der Waals surface area contributed by atoms with Gasteiger partial charge in [-0.1, -0.05) is 6.07 Å². The number of nitrogens with zero attached hydrogens (tertiary/aromatic N) is 1. The second-order valence-corrected chi connectivity index (χ2v) is 6.04. The first-order valence-corrected chi connectivity index (χ1v) is 9.04. The molecule has 7 nitrogen and oxygen atoms in total. The van der Waals surface area contributed by atoms with E-state index >= 15 is 0 Å².